The normalized spacial score (nSPS) is 11.1. The standard InChI is InChI=1S/C13H18N4/c1-10(2)13-4-6-17(16-13)12-7-11(3-5-14)8-15-9-12/h4,6-10H,3,5,14H2,1-2H3. The molecule has 0 radical (unpaired) electrons. The maximum Gasteiger partial charge on any atom is 0.0831 e. The fraction of sp³-hybridized carbons (Fsp3) is 0.385. The van der Waals surface area contributed by atoms with E-state index in [4.69, 9.17) is 5.73 Å². The molecular formula is C13H18N4. The summed E-state index contributed by atoms with van der Waals surface area (Å²) in [6, 6.07) is 4.12. The lowest BCUT2D eigenvalue weighted by molar-refractivity contribution is 0.765. The monoisotopic (exact) mass is 230 g/mol. The minimum absolute atomic E-state index is 0.441. The second-order valence-electron chi connectivity index (χ2n) is 4.43. The second kappa shape index (κ2) is 5.10. The summed E-state index contributed by atoms with van der Waals surface area (Å²) in [5.41, 5.74) is 8.77. The van der Waals surface area contributed by atoms with Gasteiger partial charge in [0.2, 0.25) is 0 Å². The van der Waals surface area contributed by atoms with Crippen LogP contribution < -0.4 is 5.73 Å². The molecule has 2 N–H and O–H groups in total. The van der Waals surface area contributed by atoms with Crippen LogP contribution in [0.1, 0.15) is 31.0 Å². The summed E-state index contributed by atoms with van der Waals surface area (Å²) in [5.74, 6) is 0.441. The Balaban J connectivity index is 2.28. The quantitative estimate of drug-likeness (QED) is 0.872. The molecule has 0 unspecified atom stereocenters. The number of hydrogen-bond acceptors (Lipinski definition) is 3. The minimum Gasteiger partial charge on any atom is -0.330 e. The maximum absolute atomic E-state index is 5.54. The van der Waals surface area contributed by atoms with Gasteiger partial charge in [-0.25, -0.2) is 4.68 Å². The van der Waals surface area contributed by atoms with Crippen LogP contribution in [-0.2, 0) is 6.42 Å². The Morgan fingerprint density at radius 3 is 2.82 bits per heavy atom. The molecule has 0 atom stereocenters. The second-order valence-corrected chi connectivity index (χ2v) is 4.43. The van der Waals surface area contributed by atoms with Gasteiger partial charge in [0.25, 0.3) is 0 Å². The summed E-state index contributed by atoms with van der Waals surface area (Å²) >= 11 is 0. The molecule has 0 spiro atoms. The zero-order valence-corrected chi connectivity index (χ0v) is 10.3. The third-order valence-electron chi connectivity index (χ3n) is 2.68. The zero-order chi connectivity index (χ0) is 12.3. The first-order valence-electron chi connectivity index (χ1n) is 5.90. The predicted octanol–water partition coefficient (Wildman–Crippen LogP) is 1.89. The van der Waals surface area contributed by atoms with Crippen molar-refractivity contribution in [2.24, 2.45) is 5.73 Å². The molecule has 0 aliphatic rings. The third kappa shape index (κ3) is 2.71. The lowest BCUT2D eigenvalue weighted by Gasteiger charge is -2.04. The lowest BCUT2D eigenvalue weighted by atomic mass is 10.1. The molecule has 0 aliphatic carbocycles. The van der Waals surface area contributed by atoms with E-state index in [1.165, 1.54) is 0 Å². The van der Waals surface area contributed by atoms with Crippen LogP contribution in [0, 0.1) is 0 Å². The molecule has 2 aromatic heterocycles. The van der Waals surface area contributed by atoms with Crippen molar-refractivity contribution in [3.05, 3.63) is 42.0 Å². The third-order valence-corrected chi connectivity index (χ3v) is 2.68. The first kappa shape index (κ1) is 11.8. The van der Waals surface area contributed by atoms with Crippen molar-refractivity contribution < 1.29 is 0 Å². The lowest BCUT2D eigenvalue weighted by Crippen LogP contribution is -2.04. The molecule has 2 heterocycles. The Kier molecular flexibility index (Phi) is 3.54. The molecule has 0 amide bonds. The van der Waals surface area contributed by atoms with Crippen LogP contribution in [0.5, 0.6) is 0 Å². The van der Waals surface area contributed by atoms with Crippen molar-refractivity contribution in [3.63, 3.8) is 0 Å². The van der Waals surface area contributed by atoms with Gasteiger partial charge in [0.05, 0.1) is 17.6 Å². The molecule has 4 nitrogen and oxygen atoms in total. The molecule has 0 fully saturated rings. The van der Waals surface area contributed by atoms with E-state index in [9.17, 15) is 0 Å². The Morgan fingerprint density at radius 1 is 1.35 bits per heavy atom. The van der Waals surface area contributed by atoms with Gasteiger partial charge in [-0.05, 0) is 36.6 Å². The van der Waals surface area contributed by atoms with Crippen molar-refractivity contribution in [2.75, 3.05) is 6.54 Å². The van der Waals surface area contributed by atoms with Gasteiger partial charge in [0.1, 0.15) is 0 Å². The van der Waals surface area contributed by atoms with Gasteiger partial charge in [-0.1, -0.05) is 13.8 Å². The minimum atomic E-state index is 0.441. The summed E-state index contributed by atoms with van der Waals surface area (Å²) in [7, 11) is 0. The van der Waals surface area contributed by atoms with Crippen molar-refractivity contribution >= 4 is 0 Å². The van der Waals surface area contributed by atoms with Crippen molar-refractivity contribution in [1.29, 1.82) is 0 Å². The fourth-order valence-electron chi connectivity index (χ4n) is 1.69. The van der Waals surface area contributed by atoms with Crippen LogP contribution in [-0.4, -0.2) is 21.3 Å². The number of nitrogens with two attached hydrogens (primary N) is 1. The van der Waals surface area contributed by atoms with Gasteiger partial charge in [0.15, 0.2) is 0 Å². The SMILES string of the molecule is CC(C)c1ccn(-c2cncc(CCN)c2)n1. The molecule has 90 valence electrons. The van der Waals surface area contributed by atoms with Gasteiger partial charge in [-0.15, -0.1) is 0 Å². The zero-order valence-electron chi connectivity index (χ0n) is 10.3. The topological polar surface area (TPSA) is 56.7 Å². The molecule has 2 rings (SSSR count). The molecule has 0 saturated heterocycles. The summed E-state index contributed by atoms with van der Waals surface area (Å²) in [5, 5.41) is 4.53. The van der Waals surface area contributed by atoms with Crippen LogP contribution in [0.2, 0.25) is 0 Å². The van der Waals surface area contributed by atoms with Crippen LogP contribution in [0.3, 0.4) is 0 Å². The fourth-order valence-corrected chi connectivity index (χ4v) is 1.69. The van der Waals surface area contributed by atoms with E-state index in [1.54, 1.807) is 0 Å². The van der Waals surface area contributed by atoms with Crippen LogP contribution >= 0.6 is 0 Å². The number of pyridine rings is 1. The summed E-state index contributed by atoms with van der Waals surface area (Å²) in [4.78, 5) is 4.22. The van der Waals surface area contributed by atoms with Gasteiger partial charge in [0, 0.05) is 12.4 Å². The first-order chi connectivity index (χ1) is 8.20. The number of aromatic nitrogens is 3. The first-order valence-corrected chi connectivity index (χ1v) is 5.90. The van der Waals surface area contributed by atoms with E-state index < -0.39 is 0 Å². The van der Waals surface area contributed by atoms with Gasteiger partial charge >= 0.3 is 0 Å². The average Bonchev–Trinajstić information content (AvgIpc) is 2.79. The van der Waals surface area contributed by atoms with Crippen molar-refractivity contribution in [1.82, 2.24) is 14.8 Å². The molecule has 2 aromatic rings. The summed E-state index contributed by atoms with van der Waals surface area (Å²) < 4.78 is 1.86. The predicted molar refractivity (Wildman–Crippen MR) is 68.2 cm³/mol. The van der Waals surface area contributed by atoms with Gasteiger partial charge in [-0.2, -0.15) is 5.10 Å². The van der Waals surface area contributed by atoms with Crippen LogP contribution in [0.4, 0.5) is 0 Å². The Morgan fingerprint density at radius 2 is 2.18 bits per heavy atom. The Bertz CT molecular complexity index is 488. The largest absolute Gasteiger partial charge is 0.330 e. The summed E-state index contributed by atoms with van der Waals surface area (Å²) in [6.07, 6.45) is 6.48. The highest BCUT2D eigenvalue weighted by Gasteiger charge is 2.05. The molecule has 0 aliphatic heterocycles. The van der Waals surface area contributed by atoms with E-state index >= 15 is 0 Å². The maximum atomic E-state index is 5.54. The molecule has 0 bridgehead atoms. The summed E-state index contributed by atoms with van der Waals surface area (Å²) in [6.45, 7) is 4.91. The molecule has 17 heavy (non-hydrogen) atoms. The highest BCUT2D eigenvalue weighted by atomic mass is 15.3. The highest BCUT2D eigenvalue weighted by molar-refractivity contribution is 5.32. The number of hydrogen-bond donors (Lipinski definition) is 1. The van der Waals surface area contributed by atoms with Crippen LogP contribution in [0.15, 0.2) is 30.7 Å². The average molecular weight is 230 g/mol. The molecule has 4 heteroatoms. The number of nitrogens with zero attached hydrogens (tertiary/aromatic N) is 3. The van der Waals surface area contributed by atoms with Crippen molar-refractivity contribution in [3.8, 4) is 5.69 Å². The molecular weight excluding hydrogens is 212 g/mol. The van der Waals surface area contributed by atoms with Gasteiger partial charge in [-0.3, -0.25) is 4.98 Å². The van der Waals surface area contributed by atoms with E-state index in [0.717, 1.165) is 23.4 Å². The van der Waals surface area contributed by atoms with E-state index in [0.29, 0.717) is 12.5 Å². The van der Waals surface area contributed by atoms with Crippen molar-refractivity contribution in [2.45, 2.75) is 26.2 Å². The van der Waals surface area contributed by atoms with E-state index in [1.807, 2.05) is 29.3 Å². The van der Waals surface area contributed by atoms with Gasteiger partial charge < -0.3 is 5.73 Å². The molecule has 0 saturated carbocycles. The molecule has 0 aromatic carbocycles. The van der Waals surface area contributed by atoms with Crippen LogP contribution in [0.25, 0.3) is 5.69 Å². The number of rotatable bonds is 4. The van der Waals surface area contributed by atoms with E-state index in [-0.39, 0.29) is 0 Å². The Labute approximate surface area is 101 Å². The van der Waals surface area contributed by atoms with E-state index in [2.05, 4.69) is 30.0 Å². The smallest absolute Gasteiger partial charge is 0.0831 e. The Hall–Kier alpha value is -1.68. The highest BCUT2D eigenvalue weighted by Crippen LogP contribution is 2.14.